The first-order valence-corrected chi connectivity index (χ1v) is 5.91. The molecule has 16 heavy (non-hydrogen) atoms. The van der Waals surface area contributed by atoms with Crippen molar-refractivity contribution in [3.63, 3.8) is 0 Å². The number of hydrogen-bond acceptors (Lipinski definition) is 0. The van der Waals surface area contributed by atoms with Crippen molar-refractivity contribution in [2.24, 2.45) is 0 Å². The molecule has 2 aromatic carbocycles. The third-order valence-electron chi connectivity index (χ3n) is 2.68. The molecule has 0 aromatic heterocycles. The fourth-order valence-corrected chi connectivity index (χ4v) is 2.21. The van der Waals surface area contributed by atoms with Crippen molar-refractivity contribution in [1.82, 2.24) is 0 Å². The van der Waals surface area contributed by atoms with E-state index in [4.69, 9.17) is 23.2 Å². The van der Waals surface area contributed by atoms with E-state index >= 15 is 0 Å². The van der Waals surface area contributed by atoms with E-state index in [2.05, 4.69) is 13.0 Å². The largest absolute Gasteiger partial charge is 0.0840 e. The van der Waals surface area contributed by atoms with E-state index < -0.39 is 0 Å². The molecule has 2 aromatic rings. The van der Waals surface area contributed by atoms with Gasteiger partial charge >= 0.3 is 0 Å². The zero-order valence-electron chi connectivity index (χ0n) is 9.00. The van der Waals surface area contributed by atoms with Crippen molar-refractivity contribution in [3.8, 4) is 0 Å². The van der Waals surface area contributed by atoms with Crippen LogP contribution in [0.15, 0.2) is 42.5 Å². The topological polar surface area (TPSA) is 0 Å². The highest BCUT2D eigenvalue weighted by Crippen LogP contribution is 2.25. The van der Waals surface area contributed by atoms with Gasteiger partial charge in [-0.05, 0) is 35.7 Å². The molecular formula is C14H12Cl2. The van der Waals surface area contributed by atoms with Crippen molar-refractivity contribution in [3.05, 3.63) is 69.2 Å². The molecule has 0 N–H and O–H groups in total. The molecular weight excluding hydrogens is 239 g/mol. The molecule has 82 valence electrons. The van der Waals surface area contributed by atoms with Gasteiger partial charge < -0.3 is 0 Å². The van der Waals surface area contributed by atoms with E-state index in [0.717, 1.165) is 27.6 Å². The number of hydrogen-bond donors (Lipinski definition) is 0. The fourth-order valence-electron chi connectivity index (χ4n) is 1.72. The molecule has 0 radical (unpaired) electrons. The van der Waals surface area contributed by atoms with Crippen molar-refractivity contribution < 1.29 is 0 Å². The van der Waals surface area contributed by atoms with Gasteiger partial charge in [0.25, 0.3) is 0 Å². The number of benzene rings is 2. The highest BCUT2D eigenvalue weighted by Gasteiger charge is 2.06. The first kappa shape index (κ1) is 11.5. The lowest BCUT2D eigenvalue weighted by Crippen LogP contribution is -1.93. The summed E-state index contributed by atoms with van der Waals surface area (Å²) in [5.41, 5.74) is 3.46. The second-order valence-corrected chi connectivity index (χ2v) is 4.62. The molecule has 2 heteroatoms. The molecule has 0 unspecified atom stereocenters. The molecule has 0 aliphatic rings. The van der Waals surface area contributed by atoms with Crippen LogP contribution in [0.25, 0.3) is 0 Å². The highest BCUT2D eigenvalue weighted by atomic mass is 35.5. The van der Waals surface area contributed by atoms with Crippen LogP contribution < -0.4 is 0 Å². The van der Waals surface area contributed by atoms with Crippen LogP contribution >= 0.6 is 23.2 Å². The van der Waals surface area contributed by atoms with E-state index in [1.165, 1.54) is 5.56 Å². The highest BCUT2D eigenvalue weighted by molar-refractivity contribution is 6.32. The van der Waals surface area contributed by atoms with Gasteiger partial charge in [0.15, 0.2) is 0 Å². The zero-order chi connectivity index (χ0) is 11.5. The maximum absolute atomic E-state index is 6.19. The van der Waals surface area contributed by atoms with Gasteiger partial charge in [-0.2, -0.15) is 0 Å². The fraction of sp³-hybridized carbons (Fsp3) is 0.143. The van der Waals surface area contributed by atoms with Crippen LogP contribution in [-0.2, 0) is 6.42 Å². The third-order valence-corrected chi connectivity index (χ3v) is 3.40. The molecule has 0 bridgehead atoms. The SMILES string of the molecule is Cc1cccc(Cl)c1Cc1ccccc1Cl. The van der Waals surface area contributed by atoms with Gasteiger partial charge in [0.05, 0.1) is 0 Å². The molecule has 0 nitrogen and oxygen atoms in total. The normalized spacial score (nSPS) is 10.4. The maximum atomic E-state index is 6.19. The van der Waals surface area contributed by atoms with Crippen LogP contribution in [0.4, 0.5) is 0 Å². The molecule has 0 heterocycles. The second-order valence-electron chi connectivity index (χ2n) is 3.80. The third kappa shape index (κ3) is 2.40. The predicted octanol–water partition coefficient (Wildman–Crippen LogP) is 4.89. The first-order valence-electron chi connectivity index (χ1n) is 5.16. The monoisotopic (exact) mass is 250 g/mol. The van der Waals surface area contributed by atoms with Gasteiger partial charge in [0.2, 0.25) is 0 Å². The second kappa shape index (κ2) is 4.90. The number of aryl methyl sites for hydroxylation is 1. The predicted molar refractivity (Wildman–Crippen MR) is 70.4 cm³/mol. The van der Waals surface area contributed by atoms with Gasteiger partial charge in [0.1, 0.15) is 0 Å². The number of rotatable bonds is 2. The van der Waals surface area contributed by atoms with Gasteiger partial charge in [-0.3, -0.25) is 0 Å². The Morgan fingerprint density at radius 2 is 1.56 bits per heavy atom. The van der Waals surface area contributed by atoms with Gasteiger partial charge in [0, 0.05) is 16.5 Å². The molecule has 0 aliphatic heterocycles. The van der Waals surface area contributed by atoms with Crippen LogP contribution in [0.5, 0.6) is 0 Å². The molecule has 0 amide bonds. The quantitative estimate of drug-likeness (QED) is 0.712. The average Bonchev–Trinajstić information content (AvgIpc) is 2.26. The molecule has 0 aliphatic carbocycles. The molecule has 0 saturated carbocycles. The lowest BCUT2D eigenvalue weighted by molar-refractivity contribution is 1.16. The van der Waals surface area contributed by atoms with Crippen molar-refractivity contribution >= 4 is 23.2 Å². The summed E-state index contributed by atoms with van der Waals surface area (Å²) in [6.45, 7) is 2.07. The lowest BCUT2D eigenvalue weighted by Gasteiger charge is -2.09. The minimum Gasteiger partial charge on any atom is -0.0840 e. The van der Waals surface area contributed by atoms with Crippen LogP contribution in [0.2, 0.25) is 10.0 Å². The van der Waals surface area contributed by atoms with E-state index in [9.17, 15) is 0 Å². The summed E-state index contributed by atoms with van der Waals surface area (Å²) in [5.74, 6) is 0. The molecule has 0 saturated heterocycles. The van der Waals surface area contributed by atoms with E-state index in [1.54, 1.807) is 0 Å². The van der Waals surface area contributed by atoms with Crippen LogP contribution in [0.1, 0.15) is 16.7 Å². The Balaban J connectivity index is 2.38. The maximum Gasteiger partial charge on any atom is 0.0444 e. The van der Waals surface area contributed by atoms with E-state index in [1.807, 2.05) is 36.4 Å². The van der Waals surface area contributed by atoms with Crippen LogP contribution in [0.3, 0.4) is 0 Å². The Kier molecular flexibility index (Phi) is 3.52. The van der Waals surface area contributed by atoms with E-state index in [0.29, 0.717) is 0 Å². The average molecular weight is 251 g/mol. The van der Waals surface area contributed by atoms with Crippen molar-refractivity contribution in [1.29, 1.82) is 0 Å². The summed E-state index contributed by atoms with van der Waals surface area (Å²) in [7, 11) is 0. The molecule has 0 fully saturated rings. The smallest absolute Gasteiger partial charge is 0.0444 e. The molecule has 0 spiro atoms. The summed E-state index contributed by atoms with van der Waals surface area (Å²) >= 11 is 12.3. The Morgan fingerprint density at radius 1 is 0.875 bits per heavy atom. The Hall–Kier alpha value is -0.980. The van der Waals surface area contributed by atoms with E-state index in [-0.39, 0.29) is 0 Å². The standard InChI is InChI=1S/C14H12Cl2/c1-10-5-4-8-14(16)12(10)9-11-6-2-3-7-13(11)15/h2-8H,9H2,1H3. The Morgan fingerprint density at radius 3 is 2.25 bits per heavy atom. The minimum atomic E-state index is 0.783. The molecule has 2 rings (SSSR count). The summed E-state index contributed by atoms with van der Waals surface area (Å²) in [5, 5.41) is 1.60. The zero-order valence-corrected chi connectivity index (χ0v) is 10.5. The summed E-state index contributed by atoms with van der Waals surface area (Å²) < 4.78 is 0. The number of halogens is 2. The van der Waals surface area contributed by atoms with Gasteiger partial charge in [-0.1, -0.05) is 53.5 Å². The Labute approximate surface area is 106 Å². The summed E-state index contributed by atoms with van der Waals surface area (Å²) in [4.78, 5) is 0. The van der Waals surface area contributed by atoms with Crippen LogP contribution in [-0.4, -0.2) is 0 Å². The summed E-state index contributed by atoms with van der Waals surface area (Å²) in [6.07, 6.45) is 0.783. The van der Waals surface area contributed by atoms with Gasteiger partial charge in [-0.15, -0.1) is 0 Å². The van der Waals surface area contributed by atoms with Crippen LogP contribution in [0, 0.1) is 6.92 Å². The Bertz CT molecular complexity index is 484. The summed E-state index contributed by atoms with van der Waals surface area (Å²) in [6, 6.07) is 13.8. The van der Waals surface area contributed by atoms with Crippen molar-refractivity contribution in [2.45, 2.75) is 13.3 Å². The lowest BCUT2D eigenvalue weighted by atomic mass is 10.0. The minimum absolute atomic E-state index is 0.783. The first-order chi connectivity index (χ1) is 7.68. The van der Waals surface area contributed by atoms with Crippen molar-refractivity contribution in [2.75, 3.05) is 0 Å². The van der Waals surface area contributed by atoms with Gasteiger partial charge in [-0.25, -0.2) is 0 Å². The molecule has 0 atom stereocenters.